The Morgan fingerprint density at radius 1 is 1.70 bits per heavy atom. The molecule has 3 nitrogen and oxygen atoms in total. The molecule has 1 N–H and O–H groups in total. The molecule has 4 heteroatoms. The van der Waals surface area contributed by atoms with Crippen LogP contribution in [-0.2, 0) is 4.79 Å². The van der Waals surface area contributed by atoms with E-state index in [0.717, 1.165) is 0 Å². The molecule has 0 spiro atoms. The lowest BCUT2D eigenvalue weighted by Crippen LogP contribution is -2.32. The van der Waals surface area contributed by atoms with Crippen LogP contribution in [0.5, 0.6) is 0 Å². The molecule has 2 atom stereocenters. The van der Waals surface area contributed by atoms with Crippen LogP contribution >= 0.6 is 0 Å². The van der Waals surface area contributed by atoms with Gasteiger partial charge in [-0.3, -0.25) is 4.79 Å². The average Bonchev–Trinajstić information content (AvgIpc) is 2.14. The fourth-order valence-corrected chi connectivity index (χ4v) is 1.18. The Morgan fingerprint density at radius 3 is 2.50 bits per heavy atom. The SMILES string of the molecule is CC1CCC(C(=O)O)N1F. The Labute approximate surface area is 58.4 Å². The predicted molar refractivity (Wildman–Crippen MR) is 33.1 cm³/mol. The fraction of sp³-hybridized carbons (Fsp3) is 0.833. The molecule has 0 radical (unpaired) electrons. The molecule has 0 amide bonds. The van der Waals surface area contributed by atoms with Crippen molar-refractivity contribution >= 4 is 5.97 Å². The van der Waals surface area contributed by atoms with E-state index in [1.54, 1.807) is 6.92 Å². The van der Waals surface area contributed by atoms with Gasteiger partial charge in [0.15, 0.2) is 0 Å². The second kappa shape index (κ2) is 2.54. The van der Waals surface area contributed by atoms with Gasteiger partial charge in [-0.1, -0.05) is 0 Å². The third kappa shape index (κ3) is 1.11. The summed E-state index contributed by atoms with van der Waals surface area (Å²) in [5.41, 5.74) is 0. The van der Waals surface area contributed by atoms with Gasteiger partial charge in [-0.25, -0.2) is 0 Å². The first-order valence-corrected chi connectivity index (χ1v) is 3.30. The van der Waals surface area contributed by atoms with Gasteiger partial charge in [-0.15, -0.1) is 9.60 Å². The Morgan fingerprint density at radius 2 is 2.30 bits per heavy atom. The molecule has 1 saturated heterocycles. The summed E-state index contributed by atoms with van der Waals surface area (Å²) in [4.78, 5) is 10.3. The van der Waals surface area contributed by atoms with E-state index in [1.807, 2.05) is 0 Å². The van der Waals surface area contributed by atoms with Crippen LogP contribution in [0.4, 0.5) is 4.48 Å². The Bertz CT molecular complexity index is 151. The van der Waals surface area contributed by atoms with Gasteiger partial charge in [-0.2, -0.15) is 0 Å². The minimum atomic E-state index is -1.06. The number of aliphatic carboxylic acids is 1. The highest BCUT2D eigenvalue weighted by molar-refractivity contribution is 5.73. The summed E-state index contributed by atoms with van der Waals surface area (Å²) in [6.45, 7) is 1.68. The van der Waals surface area contributed by atoms with E-state index in [4.69, 9.17) is 5.11 Å². The number of nitrogens with zero attached hydrogens (tertiary/aromatic N) is 1. The summed E-state index contributed by atoms with van der Waals surface area (Å²) in [5.74, 6) is -1.06. The summed E-state index contributed by atoms with van der Waals surface area (Å²) in [6, 6.07) is -1.14. The maximum Gasteiger partial charge on any atom is 0.323 e. The van der Waals surface area contributed by atoms with Crippen molar-refractivity contribution in [1.82, 2.24) is 5.12 Å². The number of halogens is 1. The number of carboxylic acids is 1. The highest BCUT2D eigenvalue weighted by Crippen LogP contribution is 2.23. The highest BCUT2D eigenvalue weighted by atomic mass is 19.2. The fourth-order valence-electron chi connectivity index (χ4n) is 1.18. The summed E-state index contributed by atoms with van der Waals surface area (Å²) in [7, 11) is 0. The minimum Gasteiger partial charge on any atom is -0.480 e. The largest absolute Gasteiger partial charge is 0.480 e. The zero-order valence-electron chi connectivity index (χ0n) is 5.75. The van der Waals surface area contributed by atoms with Gasteiger partial charge in [0.2, 0.25) is 0 Å². The van der Waals surface area contributed by atoms with Crippen LogP contribution in [0.25, 0.3) is 0 Å². The molecule has 0 aromatic carbocycles. The second-order valence-corrected chi connectivity index (χ2v) is 2.62. The van der Waals surface area contributed by atoms with Crippen LogP contribution < -0.4 is 0 Å². The molecule has 1 aliphatic heterocycles. The van der Waals surface area contributed by atoms with Crippen LogP contribution in [0.2, 0.25) is 0 Å². The van der Waals surface area contributed by atoms with Gasteiger partial charge in [-0.05, 0) is 19.8 Å². The zero-order chi connectivity index (χ0) is 7.72. The molecular formula is C6H10FNO2. The van der Waals surface area contributed by atoms with Gasteiger partial charge < -0.3 is 5.11 Å². The maximum atomic E-state index is 12.7. The second-order valence-electron chi connectivity index (χ2n) is 2.62. The molecule has 1 fully saturated rings. The molecule has 1 aliphatic rings. The predicted octanol–water partition coefficient (Wildman–Crippen LogP) is 0.808. The molecule has 0 aliphatic carbocycles. The third-order valence-corrected chi connectivity index (χ3v) is 1.86. The minimum absolute atomic E-state index is 0.235. The number of carboxylic acid groups (broad SMARTS) is 1. The van der Waals surface area contributed by atoms with E-state index >= 15 is 0 Å². The zero-order valence-corrected chi connectivity index (χ0v) is 5.75. The monoisotopic (exact) mass is 147 g/mol. The normalized spacial score (nSPS) is 34.6. The third-order valence-electron chi connectivity index (χ3n) is 1.86. The van der Waals surface area contributed by atoms with Crippen molar-refractivity contribution < 1.29 is 14.4 Å². The summed E-state index contributed by atoms with van der Waals surface area (Å²) >= 11 is 0. The topological polar surface area (TPSA) is 40.5 Å². The van der Waals surface area contributed by atoms with Crippen molar-refractivity contribution in [3.8, 4) is 0 Å². The molecule has 2 unspecified atom stereocenters. The van der Waals surface area contributed by atoms with Gasteiger partial charge in [0.1, 0.15) is 6.04 Å². The van der Waals surface area contributed by atoms with Crippen LogP contribution in [0, 0.1) is 0 Å². The van der Waals surface area contributed by atoms with Crippen LogP contribution in [0.1, 0.15) is 19.8 Å². The lowest BCUT2D eigenvalue weighted by molar-refractivity contribution is -0.150. The van der Waals surface area contributed by atoms with Crippen molar-refractivity contribution in [1.29, 1.82) is 0 Å². The lowest BCUT2D eigenvalue weighted by atomic mass is 10.2. The van der Waals surface area contributed by atoms with Gasteiger partial charge in [0.05, 0.1) is 0 Å². The van der Waals surface area contributed by atoms with E-state index in [-0.39, 0.29) is 6.04 Å². The van der Waals surface area contributed by atoms with Crippen molar-refractivity contribution in [2.24, 2.45) is 0 Å². The van der Waals surface area contributed by atoms with E-state index in [0.29, 0.717) is 18.0 Å². The van der Waals surface area contributed by atoms with E-state index in [9.17, 15) is 9.28 Å². The standard InChI is InChI=1S/C6H10FNO2/c1-4-2-3-5(6(9)10)8(4)7/h4-5H,2-3H2,1H3,(H,9,10). The molecular weight excluding hydrogens is 137 g/mol. The van der Waals surface area contributed by atoms with Gasteiger partial charge >= 0.3 is 5.97 Å². The molecule has 0 aromatic rings. The first kappa shape index (κ1) is 7.47. The van der Waals surface area contributed by atoms with Crippen molar-refractivity contribution in [3.63, 3.8) is 0 Å². The number of rotatable bonds is 1. The van der Waals surface area contributed by atoms with E-state index in [2.05, 4.69) is 0 Å². The van der Waals surface area contributed by atoms with Crippen molar-refractivity contribution in [3.05, 3.63) is 0 Å². The summed E-state index contributed by atoms with van der Waals surface area (Å²) < 4.78 is 12.7. The number of carbonyl (C=O) groups is 1. The van der Waals surface area contributed by atoms with Crippen molar-refractivity contribution in [2.75, 3.05) is 0 Å². The molecule has 1 heterocycles. The first-order chi connectivity index (χ1) is 4.63. The van der Waals surface area contributed by atoms with Gasteiger partial charge in [0.25, 0.3) is 0 Å². The number of hydrogen-bond acceptors (Lipinski definition) is 2. The summed E-state index contributed by atoms with van der Waals surface area (Å²) in [6.07, 6.45) is 1.06. The van der Waals surface area contributed by atoms with E-state index < -0.39 is 12.0 Å². The maximum absolute atomic E-state index is 12.7. The average molecular weight is 147 g/mol. The van der Waals surface area contributed by atoms with Crippen LogP contribution in [0.3, 0.4) is 0 Å². The van der Waals surface area contributed by atoms with Crippen molar-refractivity contribution in [2.45, 2.75) is 31.8 Å². The quantitative estimate of drug-likeness (QED) is 0.558. The smallest absolute Gasteiger partial charge is 0.323 e. The first-order valence-electron chi connectivity index (χ1n) is 3.30. The Hall–Kier alpha value is -0.640. The lowest BCUT2D eigenvalue weighted by Gasteiger charge is -2.13. The Balaban J connectivity index is 2.57. The highest BCUT2D eigenvalue weighted by Gasteiger charge is 2.35. The molecule has 0 bridgehead atoms. The Kier molecular flexibility index (Phi) is 1.89. The molecule has 58 valence electrons. The molecule has 1 rings (SSSR count). The number of hydrogen-bond donors (Lipinski definition) is 1. The molecule has 10 heavy (non-hydrogen) atoms. The summed E-state index contributed by atoms with van der Waals surface area (Å²) in [5, 5.41) is 8.84. The molecule has 0 aromatic heterocycles. The van der Waals surface area contributed by atoms with E-state index in [1.165, 1.54) is 0 Å². The van der Waals surface area contributed by atoms with Crippen LogP contribution in [0.15, 0.2) is 0 Å². The molecule has 0 saturated carbocycles. The van der Waals surface area contributed by atoms with Gasteiger partial charge in [0, 0.05) is 6.04 Å². The van der Waals surface area contributed by atoms with Crippen LogP contribution in [-0.4, -0.2) is 28.3 Å².